The zero-order valence-corrected chi connectivity index (χ0v) is 9.32. The molecule has 18 heavy (non-hydrogen) atoms. The Bertz CT molecular complexity index is 475. The van der Waals surface area contributed by atoms with E-state index in [9.17, 15) is 26.7 Å². The molecule has 0 saturated heterocycles. The van der Waals surface area contributed by atoms with E-state index in [1.807, 2.05) is 0 Å². The maximum atomic E-state index is 12.7. The van der Waals surface area contributed by atoms with Gasteiger partial charge in [-0.05, 0) is 0 Å². The van der Waals surface area contributed by atoms with Gasteiger partial charge in [-0.25, -0.2) is 8.78 Å². The first-order valence-electron chi connectivity index (χ1n) is 4.43. The molecule has 1 heterocycles. The Hall–Kier alpha value is -1.44. The fourth-order valence-corrected chi connectivity index (χ4v) is 1.61. The van der Waals surface area contributed by atoms with Gasteiger partial charge in [0.25, 0.3) is 12.3 Å². The maximum Gasteiger partial charge on any atom is 0.417 e. The molecule has 9 heteroatoms. The Balaban J connectivity index is 3.71. The number of aromatic nitrogens is 1. The zero-order chi connectivity index (χ0) is 14.1. The number of nitrogens with two attached hydrogens (primary N) is 1. The average molecular weight is 289 g/mol. The van der Waals surface area contributed by atoms with Crippen LogP contribution in [-0.4, -0.2) is 10.9 Å². The van der Waals surface area contributed by atoms with Crippen molar-refractivity contribution in [1.29, 1.82) is 0 Å². The van der Waals surface area contributed by atoms with Crippen molar-refractivity contribution >= 4 is 17.5 Å². The van der Waals surface area contributed by atoms with E-state index in [2.05, 4.69) is 4.98 Å². The summed E-state index contributed by atoms with van der Waals surface area (Å²) in [5.41, 5.74) is -0.00634. The van der Waals surface area contributed by atoms with Crippen molar-refractivity contribution in [3.63, 3.8) is 0 Å². The molecule has 0 fully saturated rings. The van der Waals surface area contributed by atoms with Gasteiger partial charge >= 0.3 is 6.18 Å². The van der Waals surface area contributed by atoms with Crippen LogP contribution in [0.15, 0.2) is 6.20 Å². The fourth-order valence-electron chi connectivity index (χ4n) is 1.40. The molecule has 2 N–H and O–H groups in total. The molecule has 3 nitrogen and oxygen atoms in total. The molecule has 0 saturated carbocycles. The van der Waals surface area contributed by atoms with Gasteiger partial charge in [0.15, 0.2) is 0 Å². The summed E-state index contributed by atoms with van der Waals surface area (Å²) in [5.74, 6) is -2.06. The molecule has 1 aromatic rings. The van der Waals surface area contributed by atoms with Crippen LogP contribution in [0, 0.1) is 0 Å². The van der Waals surface area contributed by atoms with Gasteiger partial charge in [0.2, 0.25) is 0 Å². The summed E-state index contributed by atoms with van der Waals surface area (Å²) in [6.45, 7) is 0. The second kappa shape index (κ2) is 5.05. The number of carbonyl (C=O) groups excluding carboxylic acids is 1. The lowest BCUT2D eigenvalue weighted by Crippen LogP contribution is -2.24. The Morgan fingerprint density at radius 1 is 1.44 bits per heavy atom. The summed E-state index contributed by atoms with van der Waals surface area (Å²) >= 11 is 5.30. The lowest BCUT2D eigenvalue weighted by molar-refractivity contribution is -0.140. The Morgan fingerprint density at radius 2 is 2.00 bits per heavy atom. The van der Waals surface area contributed by atoms with E-state index in [0.29, 0.717) is 6.20 Å². The van der Waals surface area contributed by atoms with E-state index in [-0.39, 0.29) is 0 Å². The third-order valence-corrected chi connectivity index (χ3v) is 2.33. The van der Waals surface area contributed by atoms with Crippen molar-refractivity contribution in [3.05, 3.63) is 28.6 Å². The summed E-state index contributed by atoms with van der Waals surface area (Å²) in [6, 6.07) is 0. The highest BCUT2D eigenvalue weighted by Gasteiger charge is 2.41. The molecule has 0 bridgehead atoms. The van der Waals surface area contributed by atoms with Crippen molar-refractivity contribution in [3.8, 4) is 0 Å². The van der Waals surface area contributed by atoms with Crippen molar-refractivity contribution in [1.82, 2.24) is 4.98 Å². The number of hydrogen-bond donors (Lipinski definition) is 1. The second-order valence-corrected chi connectivity index (χ2v) is 3.47. The minimum atomic E-state index is -5.15. The average Bonchev–Trinajstić information content (AvgIpc) is 2.25. The molecule has 0 aliphatic rings. The number of amides is 1. The Morgan fingerprint density at radius 3 is 2.33 bits per heavy atom. The predicted molar refractivity (Wildman–Crippen MR) is 52.3 cm³/mol. The summed E-state index contributed by atoms with van der Waals surface area (Å²) in [4.78, 5) is 14.3. The van der Waals surface area contributed by atoms with Crippen LogP contribution in [0.3, 0.4) is 0 Å². The molecule has 1 aromatic heterocycles. The number of hydrogen-bond acceptors (Lipinski definition) is 2. The molecule has 1 amide bonds. The molecule has 0 radical (unpaired) electrons. The van der Waals surface area contributed by atoms with Crippen LogP contribution in [0.2, 0.25) is 0 Å². The van der Waals surface area contributed by atoms with Crippen LogP contribution in [0.1, 0.15) is 33.6 Å². The summed E-state index contributed by atoms with van der Waals surface area (Å²) in [5, 5.41) is 0. The molecule has 0 aromatic carbocycles. The van der Waals surface area contributed by atoms with E-state index in [1.165, 1.54) is 0 Å². The third-order valence-electron chi connectivity index (χ3n) is 2.08. The Labute approximate surface area is 103 Å². The zero-order valence-electron chi connectivity index (χ0n) is 8.56. The van der Waals surface area contributed by atoms with E-state index >= 15 is 0 Å². The minimum absolute atomic E-state index is 0.345. The SMILES string of the molecule is NC(=O)c1c(CCl)ncc(C(F)F)c1C(F)(F)F. The quantitative estimate of drug-likeness (QED) is 0.687. The van der Waals surface area contributed by atoms with Gasteiger partial charge in [-0.1, -0.05) is 0 Å². The van der Waals surface area contributed by atoms with E-state index in [4.69, 9.17) is 17.3 Å². The number of pyridine rings is 1. The van der Waals surface area contributed by atoms with E-state index in [0.717, 1.165) is 0 Å². The van der Waals surface area contributed by atoms with Gasteiger partial charge in [0.1, 0.15) is 0 Å². The lowest BCUT2D eigenvalue weighted by Gasteiger charge is -2.17. The van der Waals surface area contributed by atoms with Crippen molar-refractivity contribution < 1.29 is 26.7 Å². The predicted octanol–water partition coefficient (Wildman–Crippen LogP) is 2.88. The third kappa shape index (κ3) is 2.69. The van der Waals surface area contributed by atoms with Crippen LogP contribution < -0.4 is 5.73 Å². The highest BCUT2D eigenvalue weighted by molar-refractivity contribution is 6.17. The number of rotatable bonds is 3. The van der Waals surface area contributed by atoms with Crippen LogP contribution in [0.4, 0.5) is 22.0 Å². The molecule has 1 rings (SSSR count). The summed E-state index contributed by atoms with van der Waals surface area (Å²) in [7, 11) is 0. The maximum absolute atomic E-state index is 12.7. The van der Waals surface area contributed by atoms with Crippen LogP contribution in [0.5, 0.6) is 0 Å². The second-order valence-electron chi connectivity index (χ2n) is 3.21. The number of carbonyl (C=O) groups is 1. The molecule has 0 unspecified atom stereocenters. The highest BCUT2D eigenvalue weighted by Crippen LogP contribution is 2.39. The van der Waals surface area contributed by atoms with Gasteiger partial charge < -0.3 is 5.73 Å². The van der Waals surface area contributed by atoms with Gasteiger partial charge in [-0.3, -0.25) is 9.78 Å². The number of primary amides is 1. The standard InChI is InChI=1S/C9H6ClF5N2O/c10-1-4-5(8(16)18)6(9(13,14)15)3(2-17-4)7(11)12/h2,7H,1H2,(H2,16,18). The fraction of sp³-hybridized carbons (Fsp3) is 0.333. The van der Waals surface area contributed by atoms with Gasteiger partial charge in [-0.2, -0.15) is 13.2 Å². The first-order chi connectivity index (χ1) is 8.20. The van der Waals surface area contributed by atoms with Crippen LogP contribution in [-0.2, 0) is 12.1 Å². The first kappa shape index (κ1) is 14.6. The van der Waals surface area contributed by atoms with Crippen molar-refractivity contribution in [2.24, 2.45) is 5.73 Å². The molecule has 0 aliphatic carbocycles. The van der Waals surface area contributed by atoms with Gasteiger partial charge in [0, 0.05) is 11.8 Å². The lowest BCUT2D eigenvalue weighted by atomic mass is 10.0. The number of nitrogens with zero attached hydrogens (tertiary/aromatic N) is 1. The molecule has 100 valence electrons. The molecule has 0 spiro atoms. The summed E-state index contributed by atoms with van der Waals surface area (Å²) in [6.07, 6.45) is -8.24. The topological polar surface area (TPSA) is 56.0 Å². The van der Waals surface area contributed by atoms with Crippen molar-refractivity contribution in [2.45, 2.75) is 18.5 Å². The monoisotopic (exact) mass is 288 g/mol. The molecule has 0 aliphatic heterocycles. The molecular formula is C9H6ClF5N2O. The van der Waals surface area contributed by atoms with Crippen LogP contribution in [0.25, 0.3) is 0 Å². The Kier molecular flexibility index (Phi) is 4.10. The number of alkyl halides is 6. The van der Waals surface area contributed by atoms with E-state index < -0.39 is 46.8 Å². The van der Waals surface area contributed by atoms with Crippen LogP contribution >= 0.6 is 11.6 Å². The van der Waals surface area contributed by atoms with Crippen molar-refractivity contribution in [2.75, 3.05) is 0 Å². The van der Waals surface area contributed by atoms with Gasteiger partial charge in [-0.15, -0.1) is 11.6 Å². The normalized spacial score (nSPS) is 11.9. The first-order valence-corrected chi connectivity index (χ1v) is 4.96. The summed E-state index contributed by atoms with van der Waals surface area (Å²) < 4.78 is 63.2. The molecule has 0 atom stereocenters. The molecular weight excluding hydrogens is 283 g/mol. The minimum Gasteiger partial charge on any atom is -0.366 e. The van der Waals surface area contributed by atoms with Gasteiger partial charge in [0.05, 0.1) is 22.7 Å². The largest absolute Gasteiger partial charge is 0.417 e. The smallest absolute Gasteiger partial charge is 0.366 e. The number of halogens is 6. The highest BCUT2D eigenvalue weighted by atomic mass is 35.5. The van der Waals surface area contributed by atoms with E-state index in [1.54, 1.807) is 0 Å².